The minimum absolute atomic E-state index is 0. The Morgan fingerprint density at radius 1 is 0.941 bits per heavy atom. The van der Waals surface area contributed by atoms with Gasteiger partial charge >= 0.3 is 0 Å². The maximum Gasteiger partial charge on any atom is 0.0711 e. The molecule has 17 heavy (non-hydrogen) atoms. The van der Waals surface area contributed by atoms with Gasteiger partial charge in [0.15, 0.2) is 0 Å². The molecule has 2 aromatic carbocycles. The van der Waals surface area contributed by atoms with Crippen molar-refractivity contribution in [3.63, 3.8) is 0 Å². The van der Waals surface area contributed by atoms with Gasteiger partial charge in [-0.25, -0.2) is 0 Å². The van der Waals surface area contributed by atoms with Gasteiger partial charge in [0.05, 0.1) is 5.52 Å². The van der Waals surface area contributed by atoms with Crippen molar-refractivity contribution >= 4 is 39.8 Å². The smallest absolute Gasteiger partial charge is 0.0711 e. The molecule has 1 heterocycles. The lowest BCUT2D eigenvalue weighted by Crippen LogP contribution is -1.90. The van der Waals surface area contributed by atoms with Crippen LogP contribution in [0.1, 0.15) is 5.69 Å². The number of nitrogen functional groups attached to an aromatic ring is 1. The third-order valence-electron chi connectivity index (χ3n) is 2.92. The number of nitrogens with two attached hydrogens (primary N) is 1. The summed E-state index contributed by atoms with van der Waals surface area (Å²) in [7, 11) is 0. The lowest BCUT2D eigenvalue weighted by atomic mass is 10.0. The predicted molar refractivity (Wildman–Crippen MR) is 75.6 cm³/mol. The molecule has 0 aliphatic rings. The summed E-state index contributed by atoms with van der Waals surface area (Å²) in [5.74, 6) is 0. The van der Waals surface area contributed by atoms with Gasteiger partial charge in [0.2, 0.25) is 0 Å². The van der Waals surface area contributed by atoms with E-state index in [1.807, 2.05) is 43.3 Å². The lowest BCUT2D eigenvalue weighted by molar-refractivity contribution is 1.29. The minimum Gasteiger partial charge on any atom is -0.399 e. The maximum absolute atomic E-state index is 5.84. The van der Waals surface area contributed by atoms with E-state index in [1.165, 1.54) is 10.8 Å². The summed E-state index contributed by atoms with van der Waals surface area (Å²) in [5.41, 5.74) is 8.71. The molecule has 86 valence electrons. The van der Waals surface area contributed by atoms with Gasteiger partial charge in [-0.1, -0.05) is 24.3 Å². The number of fused-ring (bicyclic) bond motifs is 3. The summed E-state index contributed by atoms with van der Waals surface area (Å²) < 4.78 is 0. The highest BCUT2D eigenvalue weighted by molar-refractivity contribution is 6.07. The van der Waals surface area contributed by atoms with Crippen molar-refractivity contribution in [3.05, 3.63) is 48.2 Å². The van der Waals surface area contributed by atoms with Crippen LogP contribution < -0.4 is 5.73 Å². The third-order valence-corrected chi connectivity index (χ3v) is 2.92. The zero-order valence-electron chi connectivity index (χ0n) is 9.47. The van der Waals surface area contributed by atoms with Gasteiger partial charge in [0, 0.05) is 22.2 Å². The van der Waals surface area contributed by atoms with Crippen LogP contribution >= 0.6 is 12.4 Å². The monoisotopic (exact) mass is 244 g/mol. The van der Waals surface area contributed by atoms with Gasteiger partial charge in [0.25, 0.3) is 0 Å². The standard InChI is InChI=1S/C14H12N2.ClH/c1-9-11-7-6-10(15)8-13(11)12-4-2-3-5-14(12)16-9;/h2-8H,15H2,1H3;1H. The molecule has 0 saturated carbocycles. The zero-order chi connectivity index (χ0) is 11.1. The van der Waals surface area contributed by atoms with Crippen molar-refractivity contribution in [1.82, 2.24) is 4.98 Å². The minimum atomic E-state index is 0. The van der Waals surface area contributed by atoms with E-state index in [4.69, 9.17) is 5.73 Å². The molecular weight excluding hydrogens is 232 g/mol. The Morgan fingerprint density at radius 3 is 2.53 bits per heavy atom. The molecule has 0 bridgehead atoms. The van der Waals surface area contributed by atoms with Crippen LogP contribution in [0.5, 0.6) is 0 Å². The van der Waals surface area contributed by atoms with Gasteiger partial charge in [-0.15, -0.1) is 12.4 Å². The molecule has 0 saturated heterocycles. The van der Waals surface area contributed by atoms with E-state index >= 15 is 0 Å². The van der Waals surface area contributed by atoms with Gasteiger partial charge in [-0.3, -0.25) is 4.98 Å². The summed E-state index contributed by atoms with van der Waals surface area (Å²) in [5, 5.41) is 3.52. The summed E-state index contributed by atoms with van der Waals surface area (Å²) >= 11 is 0. The van der Waals surface area contributed by atoms with E-state index in [0.717, 1.165) is 22.3 Å². The summed E-state index contributed by atoms with van der Waals surface area (Å²) in [4.78, 5) is 4.59. The number of halogens is 1. The Morgan fingerprint density at radius 2 is 1.71 bits per heavy atom. The molecule has 0 fully saturated rings. The fourth-order valence-electron chi connectivity index (χ4n) is 2.14. The highest BCUT2D eigenvalue weighted by atomic mass is 35.5. The van der Waals surface area contributed by atoms with Crippen LogP contribution in [0.25, 0.3) is 21.7 Å². The molecule has 0 atom stereocenters. The van der Waals surface area contributed by atoms with Crippen LogP contribution in [0, 0.1) is 6.92 Å². The van der Waals surface area contributed by atoms with Crippen molar-refractivity contribution < 1.29 is 0 Å². The molecule has 2 N–H and O–H groups in total. The molecule has 0 unspecified atom stereocenters. The Labute approximate surface area is 106 Å². The van der Waals surface area contributed by atoms with E-state index in [9.17, 15) is 0 Å². The Kier molecular flexibility index (Phi) is 2.90. The normalized spacial score (nSPS) is 10.4. The van der Waals surface area contributed by atoms with E-state index < -0.39 is 0 Å². The number of pyridine rings is 1. The summed E-state index contributed by atoms with van der Waals surface area (Å²) in [6.07, 6.45) is 0. The fourth-order valence-corrected chi connectivity index (χ4v) is 2.14. The van der Waals surface area contributed by atoms with Gasteiger partial charge in [-0.05, 0) is 30.5 Å². The molecule has 3 aromatic rings. The first-order valence-corrected chi connectivity index (χ1v) is 5.30. The van der Waals surface area contributed by atoms with Crippen molar-refractivity contribution in [2.24, 2.45) is 0 Å². The van der Waals surface area contributed by atoms with E-state index in [2.05, 4.69) is 11.1 Å². The molecule has 0 spiro atoms. The quantitative estimate of drug-likeness (QED) is 0.484. The number of hydrogen-bond acceptors (Lipinski definition) is 2. The van der Waals surface area contributed by atoms with Crippen molar-refractivity contribution in [2.75, 3.05) is 5.73 Å². The molecule has 0 aliphatic carbocycles. The molecule has 3 heteroatoms. The number of hydrogen-bond donors (Lipinski definition) is 1. The van der Waals surface area contributed by atoms with Gasteiger partial charge < -0.3 is 5.73 Å². The number of anilines is 1. The largest absolute Gasteiger partial charge is 0.399 e. The van der Waals surface area contributed by atoms with Crippen LogP contribution in [0.15, 0.2) is 42.5 Å². The molecule has 3 rings (SSSR count). The van der Waals surface area contributed by atoms with Crippen LogP contribution in [0.2, 0.25) is 0 Å². The van der Waals surface area contributed by atoms with E-state index in [-0.39, 0.29) is 12.4 Å². The Hall–Kier alpha value is -1.80. The first kappa shape index (κ1) is 11.7. The van der Waals surface area contributed by atoms with Crippen LogP contribution in [-0.4, -0.2) is 4.98 Å². The van der Waals surface area contributed by atoms with Crippen molar-refractivity contribution in [3.8, 4) is 0 Å². The highest BCUT2D eigenvalue weighted by Crippen LogP contribution is 2.27. The highest BCUT2D eigenvalue weighted by Gasteiger charge is 2.04. The number of para-hydroxylation sites is 1. The Balaban J connectivity index is 0.00000108. The van der Waals surface area contributed by atoms with E-state index in [0.29, 0.717) is 0 Å². The molecule has 2 nitrogen and oxygen atoms in total. The number of benzene rings is 2. The van der Waals surface area contributed by atoms with Crippen LogP contribution in [-0.2, 0) is 0 Å². The number of nitrogens with zero attached hydrogens (tertiary/aromatic N) is 1. The first-order valence-electron chi connectivity index (χ1n) is 5.30. The molecule has 0 amide bonds. The summed E-state index contributed by atoms with van der Waals surface area (Å²) in [6, 6.07) is 14.1. The topological polar surface area (TPSA) is 38.9 Å². The van der Waals surface area contributed by atoms with Crippen LogP contribution in [0.3, 0.4) is 0 Å². The molecule has 0 aliphatic heterocycles. The third kappa shape index (κ3) is 1.81. The second-order valence-electron chi connectivity index (χ2n) is 4.02. The van der Waals surface area contributed by atoms with Gasteiger partial charge in [-0.2, -0.15) is 0 Å². The number of aryl methyl sites for hydroxylation is 1. The summed E-state index contributed by atoms with van der Waals surface area (Å²) in [6.45, 7) is 2.03. The molecular formula is C14H13ClN2. The van der Waals surface area contributed by atoms with E-state index in [1.54, 1.807) is 0 Å². The maximum atomic E-state index is 5.84. The number of aromatic nitrogens is 1. The average Bonchev–Trinajstić information content (AvgIpc) is 2.29. The lowest BCUT2D eigenvalue weighted by Gasteiger charge is -2.07. The van der Waals surface area contributed by atoms with Gasteiger partial charge in [0.1, 0.15) is 0 Å². The Bertz CT molecular complexity index is 692. The van der Waals surface area contributed by atoms with Crippen molar-refractivity contribution in [2.45, 2.75) is 6.92 Å². The molecule has 1 aromatic heterocycles. The SMILES string of the molecule is Cc1nc2ccccc2c2cc(N)ccc12.Cl. The number of rotatable bonds is 0. The second-order valence-corrected chi connectivity index (χ2v) is 4.02. The second kappa shape index (κ2) is 4.22. The molecule has 0 radical (unpaired) electrons. The predicted octanol–water partition coefficient (Wildman–Crippen LogP) is 3.70. The first-order chi connectivity index (χ1) is 7.75. The fraction of sp³-hybridized carbons (Fsp3) is 0.0714. The average molecular weight is 245 g/mol. The van der Waals surface area contributed by atoms with Crippen LogP contribution in [0.4, 0.5) is 5.69 Å². The van der Waals surface area contributed by atoms with Crippen molar-refractivity contribution in [1.29, 1.82) is 0 Å². The zero-order valence-corrected chi connectivity index (χ0v) is 10.3.